The standard InChI is InChI=1S/C57H109N2O7P/c1-7-10-13-16-19-22-25-28-29-32-35-38-41-44-47-50-57(61)66-55(48-45-42-39-36-33-30-26-23-20-17-14-11-8-2)54(53-65-67(62,63)64-52-51-59(4,5)6)58-56(60)49-46-43-40-37-34-31-27-24-21-18-15-12-9-3/h22,25,31,34,45,48,54-55H,7-21,23-24,26-30,32-33,35-44,46-47,49-53H2,1-6H3,(H-,58,60,62,63)/b25-22-,34-31-,48-45+. The van der Waals surface area contributed by atoms with Crippen LogP contribution in [-0.4, -0.2) is 69.4 Å². The zero-order valence-electron chi connectivity index (χ0n) is 44.9. The SMILES string of the molecule is CCCCCC/C=C\CCCCCCCCCC(=O)OC(/C=C/CCCCCCCCCCCCC)C(COP(=O)([O-])OCC[N+](C)(C)C)NC(=O)CCCCC/C=C\CCCCCCCC. The smallest absolute Gasteiger partial charge is 0.306 e. The number of hydrogen-bond acceptors (Lipinski definition) is 7. The number of amides is 1. The highest BCUT2D eigenvalue weighted by Gasteiger charge is 2.27. The number of unbranched alkanes of at least 4 members (excludes halogenated alkanes) is 31. The van der Waals surface area contributed by atoms with Gasteiger partial charge in [-0.05, 0) is 83.1 Å². The van der Waals surface area contributed by atoms with Gasteiger partial charge in [-0.25, -0.2) is 0 Å². The van der Waals surface area contributed by atoms with Crippen molar-refractivity contribution in [2.24, 2.45) is 0 Å². The Kier molecular flexibility index (Phi) is 46.6. The third kappa shape index (κ3) is 49.0. The van der Waals surface area contributed by atoms with Crippen molar-refractivity contribution in [2.75, 3.05) is 40.9 Å². The highest BCUT2D eigenvalue weighted by atomic mass is 31.2. The second-order valence-electron chi connectivity index (χ2n) is 20.4. The fraction of sp³-hybridized carbons (Fsp3) is 0.860. The number of carbonyl (C=O) groups is 2. The van der Waals surface area contributed by atoms with Crippen LogP contribution in [0.25, 0.3) is 0 Å². The van der Waals surface area contributed by atoms with Crippen LogP contribution < -0.4 is 10.2 Å². The number of quaternary nitrogens is 1. The Bertz CT molecular complexity index is 1250. The Morgan fingerprint density at radius 2 is 0.866 bits per heavy atom. The van der Waals surface area contributed by atoms with Crippen LogP contribution in [0.1, 0.15) is 265 Å². The summed E-state index contributed by atoms with van der Waals surface area (Å²) in [6.07, 6.45) is 55.3. The molecule has 0 aliphatic carbocycles. The molecule has 0 aromatic rings. The van der Waals surface area contributed by atoms with E-state index in [9.17, 15) is 19.0 Å². The molecule has 0 radical (unpaired) electrons. The Labute approximate surface area is 415 Å². The lowest BCUT2D eigenvalue weighted by atomic mass is 10.0. The lowest BCUT2D eigenvalue weighted by molar-refractivity contribution is -0.870. The average molecular weight is 965 g/mol. The van der Waals surface area contributed by atoms with Crippen molar-refractivity contribution < 1.29 is 37.3 Å². The molecular formula is C57H109N2O7P. The normalized spacial score (nSPS) is 14.1. The summed E-state index contributed by atoms with van der Waals surface area (Å²) in [5, 5.41) is 3.01. The van der Waals surface area contributed by atoms with Gasteiger partial charge in [-0.1, -0.05) is 205 Å². The van der Waals surface area contributed by atoms with Crippen molar-refractivity contribution in [1.29, 1.82) is 0 Å². The van der Waals surface area contributed by atoms with Gasteiger partial charge in [0.15, 0.2) is 0 Å². The molecule has 0 spiro atoms. The predicted molar refractivity (Wildman–Crippen MR) is 284 cm³/mol. The lowest BCUT2D eigenvalue weighted by Crippen LogP contribution is -2.47. The molecular weight excluding hydrogens is 856 g/mol. The van der Waals surface area contributed by atoms with Gasteiger partial charge in [-0.2, -0.15) is 0 Å². The molecule has 0 rings (SSSR count). The number of carbonyl (C=O) groups excluding carboxylic acids is 2. The number of allylic oxidation sites excluding steroid dienone is 5. The van der Waals surface area contributed by atoms with Crippen LogP contribution in [0.15, 0.2) is 36.5 Å². The first-order chi connectivity index (χ1) is 32.4. The largest absolute Gasteiger partial charge is 0.756 e. The third-order valence-corrected chi connectivity index (χ3v) is 13.5. The van der Waals surface area contributed by atoms with E-state index in [1.807, 2.05) is 33.3 Å². The first kappa shape index (κ1) is 65.2. The van der Waals surface area contributed by atoms with Gasteiger partial charge >= 0.3 is 5.97 Å². The van der Waals surface area contributed by atoms with E-state index in [1.165, 1.54) is 148 Å². The van der Waals surface area contributed by atoms with Crippen molar-refractivity contribution in [3.63, 3.8) is 0 Å². The Hall–Kier alpha value is -1.77. The molecule has 0 saturated heterocycles. The second kappa shape index (κ2) is 47.9. The van der Waals surface area contributed by atoms with Crippen molar-refractivity contribution in [3.05, 3.63) is 36.5 Å². The molecule has 3 atom stereocenters. The number of hydrogen-bond donors (Lipinski definition) is 1. The molecule has 394 valence electrons. The molecule has 67 heavy (non-hydrogen) atoms. The number of nitrogens with zero attached hydrogens (tertiary/aromatic N) is 1. The molecule has 0 aromatic carbocycles. The predicted octanol–water partition coefficient (Wildman–Crippen LogP) is 16.1. The van der Waals surface area contributed by atoms with Crippen molar-refractivity contribution in [3.8, 4) is 0 Å². The summed E-state index contributed by atoms with van der Waals surface area (Å²) >= 11 is 0. The van der Waals surface area contributed by atoms with Crippen LogP contribution in [0.4, 0.5) is 0 Å². The molecule has 0 aliphatic rings. The van der Waals surface area contributed by atoms with Gasteiger partial charge in [0.05, 0.1) is 33.8 Å². The fourth-order valence-corrected chi connectivity index (χ4v) is 8.82. The van der Waals surface area contributed by atoms with Crippen LogP contribution in [0.2, 0.25) is 0 Å². The van der Waals surface area contributed by atoms with Crippen molar-refractivity contribution in [2.45, 2.75) is 277 Å². The average Bonchev–Trinajstić information content (AvgIpc) is 3.28. The molecule has 9 nitrogen and oxygen atoms in total. The van der Waals surface area contributed by atoms with Gasteiger partial charge in [-0.3, -0.25) is 14.2 Å². The van der Waals surface area contributed by atoms with E-state index in [4.69, 9.17) is 13.8 Å². The number of esters is 1. The summed E-state index contributed by atoms with van der Waals surface area (Å²) in [5.41, 5.74) is 0. The number of phosphoric ester groups is 1. The summed E-state index contributed by atoms with van der Waals surface area (Å²) in [6, 6.07) is -0.893. The molecule has 0 fully saturated rings. The maximum Gasteiger partial charge on any atom is 0.306 e. The third-order valence-electron chi connectivity index (χ3n) is 12.5. The minimum atomic E-state index is -4.69. The highest BCUT2D eigenvalue weighted by Crippen LogP contribution is 2.38. The molecule has 1 amide bonds. The van der Waals surface area contributed by atoms with Gasteiger partial charge in [0.1, 0.15) is 19.3 Å². The van der Waals surface area contributed by atoms with Gasteiger partial charge in [0.2, 0.25) is 5.91 Å². The van der Waals surface area contributed by atoms with Crippen molar-refractivity contribution >= 4 is 19.7 Å². The molecule has 10 heteroatoms. The van der Waals surface area contributed by atoms with E-state index in [1.54, 1.807) is 0 Å². The van der Waals surface area contributed by atoms with Crippen LogP contribution in [-0.2, 0) is 27.9 Å². The summed E-state index contributed by atoms with van der Waals surface area (Å²) in [7, 11) is 1.18. The van der Waals surface area contributed by atoms with E-state index in [-0.39, 0.29) is 24.9 Å². The molecule has 0 heterocycles. The molecule has 0 bridgehead atoms. The molecule has 0 aromatic heterocycles. The fourth-order valence-electron chi connectivity index (χ4n) is 8.10. The molecule has 1 N–H and O–H groups in total. The van der Waals surface area contributed by atoms with Gasteiger partial charge in [0, 0.05) is 12.8 Å². The highest BCUT2D eigenvalue weighted by molar-refractivity contribution is 7.45. The van der Waals surface area contributed by atoms with E-state index < -0.39 is 26.6 Å². The number of ether oxygens (including phenoxy) is 1. The number of phosphoric acid groups is 1. The van der Waals surface area contributed by atoms with Crippen LogP contribution in [0, 0.1) is 0 Å². The molecule has 3 unspecified atom stereocenters. The Morgan fingerprint density at radius 1 is 0.507 bits per heavy atom. The zero-order chi connectivity index (χ0) is 49.4. The van der Waals surface area contributed by atoms with E-state index >= 15 is 0 Å². The summed E-state index contributed by atoms with van der Waals surface area (Å²) in [6.45, 7) is 6.81. The summed E-state index contributed by atoms with van der Waals surface area (Å²) in [4.78, 5) is 39.8. The second-order valence-corrected chi connectivity index (χ2v) is 21.8. The monoisotopic (exact) mass is 965 g/mol. The number of likely N-dealkylation sites (N-methyl/N-ethyl adjacent to an activating group) is 1. The lowest BCUT2D eigenvalue weighted by Gasteiger charge is -2.30. The maximum atomic E-state index is 13.4. The summed E-state index contributed by atoms with van der Waals surface area (Å²) < 4.78 is 30.2. The Morgan fingerprint density at radius 3 is 1.30 bits per heavy atom. The van der Waals surface area contributed by atoms with Crippen LogP contribution in [0.5, 0.6) is 0 Å². The summed E-state index contributed by atoms with van der Waals surface area (Å²) in [5.74, 6) is -0.559. The van der Waals surface area contributed by atoms with Crippen LogP contribution in [0.3, 0.4) is 0 Å². The van der Waals surface area contributed by atoms with Gasteiger partial charge in [-0.15, -0.1) is 0 Å². The van der Waals surface area contributed by atoms with Crippen molar-refractivity contribution in [1.82, 2.24) is 5.32 Å². The maximum absolute atomic E-state index is 13.4. The molecule has 0 saturated carbocycles. The van der Waals surface area contributed by atoms with E-state index in [2.05, 4.69) is 50.4 Å². The van der Waals surface area contributed by atoms with Gasteiger partial charge in [0.25, 0.3) is 7.82 Å². The zero-order valence-corrected chi connectivity index (χ0v) is 45.8. The topological polar surface area (TPSA) is 114 Å². The quantitative estimate of drug-likeness (QED) is 0.0212. The minimum Gasteiger partial charge on any atom is -0.756 e. The molecule has 0 aliphatic heterocycles. The number of nitrogens with one attached hydrogen (secondary N) is 1. The Balaban J connectivity index is 5.41. The van der Waals surface area contributed by atoms with Crippen LogP contribution >= 0.6 is 7.82 Å². The first-order valence-corrected chi connectivity index (χ1v) is 29.8. The first-order valence-electron chi connectivity index (χ1n) is 28.3. The van der Waals surface area contributed by atoms with Gasteiger partial charge < -0.3 is 28.5 Å². The number of rotatable bonds is 51. The van der Waals surface area contributed by atoms with E-state index in [0.29, 0.717) is 23.9 Å². The minimum absolute atomic E-state index is 0.0244. The van der Waals surface area contributed by atoms with E-state index in [0.717, 1.165) is 77.0 Å².